The summed E-state index contributed by atoms with van der Waals surface area (Å²) in [6.07, 6.45) is 1.63. The molecule has 0 aliphatic rings. The number of thiocarbonyl (C=S) groups is 1. The Labute approximate surface area is 171 Å². The fraction of sp³-hybridized carbons (Fsp3) is 0.100. The number of aromatic nitrogens is 1. The Bertz CT molecular complexity index is 1050. The SMILES string of the molecule is Cc1cc(/C=N/NC(=S)Nc2ccc(F)cc2F)c(C)n1-c1ccc(Cl)cc1. The van der Waals surface area contributed by atoms with Crippen LogP contribution in [0.25, 0.3) is 5.69 Å². The molecule has 0 atom stereocenters. The summed E-state index contributed by atoms with van der Waals surface area (Å²) in [4.78, 5) is 0. The molecule has 0 fully saturated rings. The molecule has 4 nitrogen and oxygen atoms in total. The van der Waals surface area contributed by atoms with E-state index < -0.39 is 11.6 Å². The van der Waals surface area contributed by atoms with Crippen LogP contribution in [-0.4, -0.2) is 15.9 Å². The molecule has 0 saturated carbocycles. The van der Waals surface area contributed by atoms with Gasteiger partial charge in [0, 0.05) is 33.7 Å². The summed E-state index contributed by atoms with van der Waals surface area (Å²) >= 11 is 11.0. The first-order chi connectivity index (χ1) is 13.3. The first kappa shape index (κ1) is 20.0. The first-order valence-corrected chi connectivity index (χ1v) is 9.14. The molecule has 2 N–H and O–H groups in total. The van der Waals surface area contributed by atoms with Gasteiger partial charge in [-0.3, -0.25) is 5.43 Å². The molecule has 0 radical (unpaired) electrons. The molecule has 0 aliphatic heterocycles. The minimum absolute atomic E-state index is 0.0648. The largest absolute Gasteiger partial charge is 0.329 e. The molecule has 3 rings (SSSR count). The molecule has 1 aromatic heterocycles. The van der Waals surface area contributed by atoms with E-state index in [0.717, 1.165) is 34.8 Å². The van der Waals surface area contributed by atoms with Crippen LogP contribution in [0.2, 0.25) is 5.02 Å². The third-order valence-electron chi connectivity index (χ3n) is 4.10. The minimum atomic E-state index is -0.736. The fourth-order valence-corrected chi connectivity index (χ4v) is 3.10. The third kappa shape index (κ3) is 4.55. The number of hydrogen-bond acceptors (Lipinski definition) is 2. The molecule has 28 heavy (non-hydrogen) atoms. The Hall–Kier alpha value is -2.77. The van der Waals surface area contributed by atoms with E-state index in [1.165, 1.54) is 6.07 Å². The summed E-state index contributed by atoms with van der Waals surface area (Å²) in [5.41, 5.74) is 6.62. The van der Waals surface area contributed by atoms with Crippen molar-refractivity contribution < 1.29 is 8.78 Å². The zero-order chi connectivity index (χ0) is 20.3. The standard InChI is InChI=1S/C20H17ClF2N4S/c1-12-9-14(13(2)27(12)17-6-3-15(21)4-7-17)11-24-26-20(28)25-19-8-5-16(22)10-18(19)23/h3-11H,1-2H3,(H2,25,26,28)/b24-11+. The van der Waals surface area contributed by atoms with Gasteiger partial charge in [-0.1, -0.05) is 11.6 Å². The van der Waals surface area contributed by atoms with Gasteiger partial charge in [0.15, 0.2) is 5.11 Å². The van der Waals surface area contributed by atoms with Crippen molar-refractivity contribution >= 4 is 40.8 Å². The number of nitrogens with one attached hydrogen (secondary N) is 2. The second-order valence-corrected chi connectivity index (χ2v) is 6.93. The molecular weight excluding hydrogens is 402 g/mol. The molecule has 0 spiro atoms. The minimum Gasteiger partial charge on any atom is -0.329 e. The van der Waals surface area contributed by atoms with Crippen LogP contribution in [-0.2, 0) is 0 Å². The van der Waals surface area contributed by atoms with Crippen molar-refractivity contribution in [3.8, 4) is 5.69 Å². The van der Waals surface area contributed by atoms with E-state index in [1.807, 2.05) is 44.2 Å². The lowest BCUT2D eigenvalue weighted by Gasteiger charge is -2.09. The topological polar surface area (TPSA) is 41.4 Å². The molecule has 144 valence electrons. The second-order valence-electron chi connectivity index (χ2n) is 6.09. The monoisotopic (exact) mass is 418 g/mol. The van der Waals surface area contributed by atoms with E-state index in [9.17, 15) is 8.78 Å². The van der Waals surface area contributed by atoms with Gasteiger partial charge >= 0.3 is 0 Å². The average Bonchev–Trinajstić information content (AvgIpc) is 2.92. The first-order valence-electron chi connectivity index (χ1n) is 8.35. The third-order valence-corrected chi connectivity index (χ3v) is 4.55. The van der Waals surface area contributed by atoms with Gasteiger partial charge in [-0.05, 0) is 68.5 Å². The van der Waals surface area contributed by atoms with E-state index in [-0.39, 0.29) is 10.8 Å². The molecule has 8 heteroatoms. The molecule has 1 heterocycles. The molecular formula is C20H17ClF2N4S. The Kier molecular flexibility index (Phi) is 6.06. The number of hydrazone groups is 1. The van der Waals surface area contributed by atoms with Crippen molar-refractivity contribution in [3.63, 3.8) is 0 Å². The molecule has 0 bridgehead atoms. The van der Waals surface area contributed by atoms with Gasteiger partial charge < -0.3 is 9.88 Å². The number of anilines is 1. The molecule has 0 saturated heterocycles. The molecule has 0 aliphatic carbocycles. The van der Waals surface area contributed by atoms with E-state index in [1.54, 1.807) is 6.21 Å². The summed E-state index contributed by atoms with van der Waals surface area (Å²) in [5, 5.41) is 7.50. The highest BCUT2D eigenvalue weighted by molar-refractivity contribution is 7.80. The zero-order valence-electron chi connectivity index (χ0n) is 15.1. The average molecular weight is 419 g/mol. The van der Waals surface area contributed by atoms with Crippen LogP contribution in [0.4, 0.5) is 14.5 Å². The van der Waals surface area contributed by atoms with Gasteiger partial charge in [0.1, 0.15) is 11.6 Å². The van der Waals surface area contributed by atoms with Gasteiger partial charge in [-0.2, -0.15) is 5.10 Å². The van der Waals surface area contributed by atoms with Gasteiger partial charge in [-0.25, -0.2) is 8.78 Å². The Morgan fingerprint density at radius 2 is 1.82 bits per heavy atom. The second kappa shape index (κ2) is 8.50. The smallest absolute Gasteiger partial charge is 0.191 e. The lowest BCUT2D eigenvalue weighted by Crippen LogP contribution is -2.24. The number of halogens is 3. The van der Waals surface area contributed by atoms with Crippen LogP contribution in [0.15, 0.2) is 53.6 Å². The van der Waals surface area contributed by atoms with E-state index in [0.29, 0.717) is 5.02 Å². The number of rotatable bonds is 4. The van der Waals surface area contributed by atoms with E-state index in [2.05, 4.69) is 20.4 Å². The van der Waals surface area contributed by atoms with Crippen LogP contribution >= 0.6 is 23.8 Å². The van der Waals surface area contributed by atoms with Crippen molar-refractivity contribution in [2.24, 2.45) is 5.10 Å². The number of aryl methyl sites for hydroxylation is 1. The van der Waals surface area contributed by atoms with Crippen molar-refractivity contribution in [1.29, 1.82) is 0 Å². The number of benzene rings is 2. The van der Waals surface area contributed by atoms with Gasteiger partial charge in [0.25, 0.3) is 0 Å². The molecule has 2 aromatic carbocycles. The Morgan fingerprint density at radius 1 is 1.11 bits per heavy atom. The highest BCUT2D eigenvalue weighted by Gasteiger charge is 2.09. The Morgan fingerprint density at radius 3 is 2.50 bits per heavy atom. The lowest BCUT2D eigenvalue weighted by atomic mass is 10.2. The van der Waals surface area contributed by atoms with Gasteiger partial charge in [0.05, 0.1) is 11.9 Å². The summed E-state index contributed by atoms with van der Waals surface area (Å²) in [5.74, 6) is -1.39. The van der Waals surface area contributed by atoms with Crippen LogP contribution < -0.4 is 10.7 Å². The van der Waals surface area contributed by atoms with Gasteiger partial charge in [0.2, 0.25) is 0 Å². The number of nitrogens with zero attached hydrogens (tertiary/aromatic N) is 2. The molecule has 0 amide bonds. The molecule has 0 unspecified atom stereocenters. The van der Waals surface area contributed by atoms with E-state index >= 15 is 0 Å². The highest BCUT2D eigenvalue weighted by atomic mass is 35.5. The van der Waals surface area contributed by atoms with Gasteiger partial charge in [-0.15, -0.1) is 0 Å². The lowest BCUT2D eigenvalue weighted by molar-refractivity contribution is 0.586. The summed E-state index contributed by atoms with van der Waals surface area (Å²) in [6, 6.07) is 12.7. The van der Waals surface area contributed by atoms with Crippen LogP contribution in [0.3, 0.4) is 0 Å². The van der Waals surface area contributed by atoms with Crippen LogP contribution in [0.1, 0.15) is 17.0 Å². The summed E-state index contributed by atoms with van der Waals surface area (Å²) < 4.78 is 28.7. The molecule has 3 aromatic rings. The van der Waals surface area contributed by atoms with Crippen molar-refractivity contribution in [2.75, 3.05) is 5.32 Å². The van der Waals surface area contributed by atoms with Crippen LogP contribution in [0, 0.1) is 25.5 Å². The normalized spacial score (nSPS) is 11.0. The maximum absolute atomic E-state index is 13.6. The predicted molar refractivity (Wildman–Crippen MR) is 114 cm³/mol. The van der Waals surface area contributed by atoms with E-state index in [4.69, 9.17) is 23.8 Å². The highest BCUT2D eigenvalue weighted by Crippen LogP contribution is 2.21. The van der Waals surface area contributed by atoms with Crippen LogP contribution in [0.5, 0.6) is 0 Å². The predicted octanol–water partition coefficient (Wildman–Crippen LogP) is 5.35. The summed E-state index contributed by atoms with van der Waals surface area (Å²) in [7, 11) is 0. The quantitative estimate of drug-likeness (QED) is 0.341. The zero-order valence-corrected chi connectivity index (χ0v) is 16.7. The number of hydrogen-bond donors (Lipinski definition) is 2. The summed E-state index contributed by atoms with van der Waals surface area (Å²) in [6.45, 7) is 3.98. The maximum Gasteiger partial charge on any atom is 0.191 e. The van der Waals surface area contributed by atoms with Crippen molar-refractivity contribution in [2.45, 2.75) is 13.8 Å². The Balaban J connectivity index is 1.70. The van der Waals surface area contributed by atoms with Crippen molar-refractivity contribution in [3.05, 3.63) is 82.1 Å². The fourth-order valence-electron chi connectivity index (χ4n) is 2.81. The van der Waals surface area contributed by atoms with Crippen molar-refractivity contribution in [1.82, 2.24) is 9.99 Å². The maximum atomic E-state index is 13.6.